The monoisotopic (exact) mass is 379 g/mol. The molecule has 0 radical (unpaired) electrons. The largest absolute Gasteiger partial charge is 0.343 e. The lowest BCUT2D eigenvalue weighted by Gasteiger charge is -2.33. The van der Waals surface area contributed by atoms with E-state index in [0.717, 1.165) is 45.3 Å². The fraction of sp³-hybridized carbons (Fsp3) is 0.583. The van der Waals surface area contributed by atoms with Gasteiger partial charge < -0.3 is 9.47 Å². The standard InChI is InChI=1S/C24H33N3O/c1-19-17-25-24(22-10-6-11-22)27(19)18-21-13-15-26(16-14-21)23(28)12-5-9-20-7-3-2-4-8-20/h2-4,7-8,17,21-22H,5-6,9-16,18H2,1H3. The Morgan fingerprint density at radius 1 is 1.11 bits per heavy atom. The van der Waals surface area contributed by atoms with Gasteiger partial charge in [0.2, 0.25) is 5.91 Å². The maximum absolute atomic E-state index is 12.6. The minimum absolute atomic E-state index is 0.336. The van der Waals surface area contributed by atoms with E-state index < -0.39 is 0 Å². The summed E-state index contributed by atoms with van der Waals surface area (Å²) in [5.74, 6) is 2.99. The Balaban J connectivity index is 1.22. The average Bonchev–Trinajstić information content (AvgIpc) is 3.02. The molecule has 1 aromatic heterocycles. The van der Waals surface area contributed by atoms with E-state index in [1.165, 1.54) is 36.3 Å². The number of carbonyl (C=O) groups excluding carboxylic acids is 1. The van der Waals surface area contributed by atoms with Crippen LogP contribution in [0.5, 0.6) is 0 Å². The fourth-order valence-electron chi connectivity index (χ4n) is 4.58. The summed E-state index contributed by atoms with van der Waals surface area (Å²) in [4.78, 5) is 19.4. The molecule has 1 aromatic carbocycles. The fourth-order valence-corrected chi connectivity index (χ4v) is 4.58. The molecule has 1 aliphatic carbocycles. The molecule has 4 nitrogen and oxygen atoms in total. The Morgan fingerprint density at radius 3 is 2.54 bits per heavy atom. The summed E-state index contributed by atoms with van der Waals surface area (Å²) >= 11 is 0. The lowest BCUT2D eigenvalue weighted by atomic mass is 9.84. The number of imidazole rings is 1. The van der Waals surface area contributed by atoms with Crippen LogP contribution in [-0.2, 0) is 17.8 Å². The van der Waals surface area contributed by atoms with E-state index in [2.05, 4.69) is 40.7 Å². The average molecular weight is 380 g/mol. The number of piperidine rings is 1. The molecule has 1 aliphatic heterocycles. The number of hydrogen-bond acceptors (Lipinski definition) is 2. The van der Waals surface area contributed by atoms with Crippen LogP contribution in [0.1, 0.15) is 67.9 Å². The molecule has 0 N–H and O–H groups in total. The maximum atomic E-state index is 12.6. The van der Waals surface area contributed by atoms with Gasteiger partial charge in [-0.05, 0) is 56.9 Å². The summed E-state index contributed by atoms with van der Waals surface area (Å²) in [6.07, 6.45) is 10.8. The minimum Gasteiger partial charge on any atom is -0.343 e. The molecule has 0 atom stereocenters. The minimum atomic E-state index is 0.336. The van der Waals surface area contributed by atoms with Gasteiger partial charge in [0.1, 0.15) is 5.82 Å². The highest BCUT2D eigenvalue weighted by Gasteiger charge is 2.27. The smallest absolute Gasteiger partial charge is 0.222 e. The van der Waals surface area contributed by atoms with Crippen molar-refractivity contribution in [2.45, 2.75) is 70.8 Å². The van der Waals surface area contributed by atoms with Crippen molar-refractivity contribution in [1.82, 2.24) is 14.5 Å². The molecule has 0 spiro atoms. The highest BCUT2D eigenvalue weighted by Crippen LogP contribution is 2.36. The number of likely N-dealkylation sites (tertiary alicyclic amines) is 1. The zero-order chi connectivity index (χ0) is 19.3. The van der Waals surface area contributed by atoms with E-state index in [4.69, 9.17) is 4.98 Å². The van der Waals surface area contributed by atoms with Gasteiger partial charge in [-0.25, -0.2) is 4.98 Å². The zero-order valence-corrected chi connectivity index (χ0v) is 17.1. The van der Waals surface area contributed by atoms with Crippen LogP contribution < -0.4 is 0 Å². The molecule has 28 heavy (non-hydrogen) atoms. The van der Waals surface area contributed by atoms with E-state index in [9.17, 15) is 4.79 Å². The first kappa shape index (κ1) is 19.2. The van der Waals surface area contributed by atoms with Crippen molar-refractivity contribution >= 4 is 5.91 Å². The SMILES string of the molecule is Cc1cnc(C2CCC2)n1CC1CCN(C(=O)CCCc2ccccc2)CC1. The van der Waals surface area contributed by atoms with Crippen LogP contribution in [0.25, 0.3) is 0 Å². The van der Waals surface area contributed by atoms with Crippen molar-refractivity contribution in [3.8, 4) is 0 Å². The number of hydrogen-bond donors (Lipinski definition) is 0. The third-order valence-electron chi connectivity index (χ3n) is 6.66. The van der Waals surface area contributed by atoms with E-state index in [0.29, 0.717) is 24.2 Å². The van der Waals surface area contributed by atoms with E-state index in [1.807, 2.05) is 12.3 Å². The highest BCUT2D eigenvalue weighted by atomic mass is 16.2. The molecule has 150 valence electrons. The van der Waals surface area contributed by atoms with Crippen molar-refractivity contribution in [1.29, 1.82) is 0 Å². The molecule has 2 fully saturated rings. The summed E-state index contributed by atoms with van der Waals surface area (Å²) in [6.45, 7) is 5.09. The van der Waals surface area contributed by atoms with E-state index in [-0.39, 0.29) is 0 Å². The maximum Gasteiger partial charge on any atom is 0.222 e. The van der Waals surface area contributed by atoms with Crippen molar-refractivity contribution in [3.63, 3.8) is 0 Å². The third kappa shape index (κ3) is 4.48. The van der Waals surface area contributed by atoms with Crippen LogP contribution in [0.15, 0.2) is 36.5 Å². The lowest BCUT2D eigenvalue weighted by molar-refractivity contribution is -0.132. The van der Waals surface area contributed by atoms with Crippen LogP contribution in [0.2, 0.25) is 0 Å². The second-order valence-electron chi connectivity index (χ2n) is 8.66. The molecule has 4 rings (SSSR count). The van der Waals surface area contributed by atoms with Crippen molar-refractivity contribution in [2.24, 2.45) is 5.92 Å². The molecule has 2 aromatic rings. The van der Waals surface area contributed by atoms with Gasteiger partial charge in [0.25, 0.3) is 0 Å². The number of aryl methyl sites for hydroxylation is 2. The number of benzene rings is 1. The van der Waals surface area contributed by atoms with Crippen LogP contribution in [0.3, 0.4) is 0 Å². The number of aromatic nitrogens is 2. The second kappa shape index (κ2) is 8.93. The second-order valence-corrected chi connectivity index (χ2v) is 8.66. The molecule has 2 aliphatic rings. The number of amides is 1. The quantitative estimate of drug-likeness (QED) is 0.698. The summed E-state index contributed by atoms with van der Waals surface area (Å²) in [5.41, 5.74) is 2.62. The molecule has 0 unspecified atom stereocenters. The molecule has 0 bridgehead atoms. The van der Waals surface area contributed by atoms with Gasteiger partial charge >= 0.3 is 0 Å². The molecule has 1 amide bonds. The van der Waals surface area contributed by atoms with Gasteiger partial charge in [-0.15, -0.1) is 0 Å². The van der Waals surface area contributed by atoms with Crippen LogP contribution in [-0.4, -0.2) is 33.4 Å². The Bertz CT molecular complexity index is 770. The zero-order valence-electron chi connectivity index (χ0n) is 17.1. The molecule has 4 heteroatoms. The summed E-state index contributed by atoms with van der Waals surface area (Å²) in [5, 5.41) is 0. The Hall–Kier alpha value is -2.10. The first-order valence-corrected chi connectivity index (χ1v) is 11.0. The lowest BCUT2D eigenvalue weighted by Crippen LogP contribution is -2.39. The molecular formula is C24H33N3O. The number of rotatable bonds is 7. The highest BCUT2D eigenvalue weighted by molar-refractivity contribution is 5.76. The first-order valence-electron chi connectivity index (χ1n) is 11.0. The van der Waals surface area contributed by atoms with Crippen LogP contribution in [0, 0.1) is 12.8 Å². The normalized spacial score (nSPS) is 18.2. The van der Waals surface area contributed by atoms with Crippen molar-refractivity contribution in [2.75, 3.05) is 13.1 Å². The number of carbonyl (C=O) groups is 1. The van der Waals surface area contributed by atoms with Crippen molar-refractivity contribution in [3.05, 3.63) is 53.6 Å². The Labute approximate surface area is 169 Å². The number of nitrogens with zero attached hydrogens (tertiary/aromatic N) is 3. The third-order valence-corrected chi connectivity index (χ3v) is 6.66. The predicted molar refractivity (Wildman–Crippen MR) is 112 cm³/mol. The van der Waals surface area contributed by atoms with Gasteiger partial charge in [0.15, 0.2) is 0 Å². The summed E-state index contributed by atoms with van der Waals surface area (Å²) < 4.78 is 2.46. The molecule has 1 saturated carbocycles. The van der Waals surface area contributed by atoms with Gasteiger partial charge in [0, 0.05) is 43.9 Å². The molecule has 2 heterocycles. The van der Waals surface area contributed by atoms with Gasteiger partial charge in [-0.3, -0.25) is 4.79 Å². The topological polar surface area (TPSA) is 38.1 Å². The first-order chi connectivity index (χ1) is 13.7. The summed E-state index contributed by atoms with van der Waals surface area (Å²) in [7, 11) is 0. The van der Waals surface area contributed by atoms with Crippen LogP contribution in [0.4, 0.5) is 0 Å². The predicted octanol–water partition coefficient (Wildman–Crippen LogP) is 4.72. The van der Waals surface area contributed by atoms with Crippen LogP contribution >= 0.6 is 0 Å². The van der Waals surface area contributed by atoms with E-state index >= 15 is 0 Å². The van der Waals surface area contributed by atoms with Gasteiger partial charge in [-0.1, -0.05) is 36.8 Å². The van der Waals surface area contributed by atoms with Crippen molar-refractivity contribution < 1.29 is 4.79 Å². The van der Waals surface area contributed by atoms with E-state index in [1.54, 1.807) is 0 Å². The van der Waals surface area contributed by atoms with Gasteiger partial charge in [-0.2, -0.15) is 0 Å². The molecular weight excluding hydrogens is 346 g/mol. The summed E-state index contributed by atoms with van der Waals surface area (Å²) in [6, 6.07) is 10.5. The Kier molecular flexibility index (Phi) is 6.13. The van der Waals surface area contributed by atoms with Gasteiger partial charge in [0.05, 0.1) is 0 Å². The molecule has 1 saturated heterocycles. The Morgan fingerprint density at radius 2 is 1.86 bits per heavy atom.